The number of aryl methyl sites for hydroxylation is 1. The fourth-order valence-electron chi connectivity index (χ4n) is 4.79. The monoisotopic (exact) mass is 446 g/mol. The van der Waals surface area contributed by atoms with Crippen LogP contribution in [0, 0.1) is 6.92 Å². The number of aliphatic hydroxyl groups is 1. The molecule has 1 amide bonds. The first-order valence-corrected chi connectivity index (χ1v) is 11.3. The summed E-state index contributed by atoms with van der Waals surface area (Å²) in [5.41, 5.74) is 4.19. The van der Waals surface area contributed by atoms with Crippen molar-refractivity contribution >= 4 is 28.4 Å². The quantitative estimate of drug-likeness (QED) is 0.300. The average molecular weight is 447 g/mol. The molecule has 6 nitrogen and oxygen atoms in total. The molecule has 0 bridgehead atoms. The minimum atomic E-state index is -0.661. The number of methoxy groups -OCH3 is 1. The van der Waals surface area contributed by atoms with E-state index in [1.165, 1.54) is 0 Å². The molecule has 4 rings (SSSR count). The van der Waals surface area contributed by atoms with Crippen molar-refractivity contribution in [3.05, 3.63) is 70.4 Å². The highest BCUT2D eigenvalue weighted by Gasteiger charge is 2.47. The Bertz CT molecular complexity index is 1270. The van der Waals surface area contributed by atoms with Crippen LogP contribution in [-0.2, 0) is 9.59 Å². The number of hydrogen-bond donors (Lipinski definition) is 2. The van der Waals surface area contributed by atoms with Gasteiger partial charge in [0.05, 0.1) is 18.7 Å². The number of amides is 1. The minimum Gasteiger partial charge on any atom is -0.507 e. The van der Waals surface area contributed by atoms with Gasteiger partial charge in [0, 0.05) is 34.3 Å². The van der Waals surface area contributed by atoms with Gasteiger partial charge in [-0.1, -0.05) is 39.0 Å². The van der Waals surface area contributed by atoms with Crippen molar-refractivity contribution in [2.24, 2.45) is 0 Å². The summed E-state index contributed by atoms with van der Waals surface area (Å²) in [5.74, 6) is -0.520. The zero-order valence-corrected chi connectivity index (χ0v) is 19.7. The number of Topliss-reactive ketones (excluding diaryl/α,β-unsaturated/α-hetero) is 1. The van der Waals surface area contributed by atoms with E-state index in [0.29, 0.717) is 18.5 Å². The molecule has 33 heavy (non-hydrogen) atoms. The molecule has 1 aromatic heterocycles. The summed E-state index contributed by atoms with van der Waals surface area (Å²) in [6.45, 7) is 8.40. The van der Waals surface area contributed by atoms with Crippen LogP contribution in [0.2, 0.25) is 0 Å². The first-order chi connectivity index (χ1) is 15.8. The molecular weight excluding hydrogens is 416 g/mol. The third kappa shape index (κ3) is 3.69. The van der Waals surface area contributed by atoms with E-state index in [1.807, 2.05) is 58.0 Å². The van der Waals surface area contributed by atoms with Crippen LogP contribution in [0.25, 0.3) is 16.7 Å². The molecule has 6 heteroatoms. The number of rotatable bonds is 6. The van der Waals surface area contributed by atoms with Crippen molar-refractivity contribution < 1.29 is 19.4 Å². The second kappa shape index (κ2) is 8.77. The SMILES string of the molecule is CCCN1C(=O)C(=O)/C(=C(/O)c2ccc(OC)c(C(C)C)c2)C1c1c(C)[nH]c2ccccc12. The number of ketones is 1. The Kier molecular flexibility index (Phi) is 6.02. The number of nitrogens with zero attached hydrogens (tertiary/aromatic N) is 1. The van der Waals surface area contributed by atoms with Crippen molar-refractivity contribution in [3.8, 4) is 5.75 Å². The number of ether oxygens (including phenoxy) is 1. The van der Waals surface area contributed by atoms with E-state index >= 15 is 0 Å². The second-order valence-corrected chi connectivity index (χ2v) is 8.81. The standard InChI is InChI=1S/C27H30N2O4/c1-6-13-29-24(22-16(4)28-20-10-8-7-9-18(20)22)23(26(31)27(29)32)25(30)17-11-12-21(33-5)19(14-17)15(2)3/h7-12,14-15,24,28,30H,6,13H2,1-5H3/b25-23+. The van der Waals surface area contributed by atoms with Crippen molar-refractivity contribution in [1.29, 1.82) is 0 Å². The number of benzene rings is 2. The normalized spacial score (nSPS) is 18.0. The molecular formula is C27H30N2O4. The first kappa shape index (κ1) is 22.6. The number of aromatic nitrogens is 1. The number of aliphatic hydroxyl groups excluding tert-OH is 1. The van der Waals surface area contributed by atoms with E-state index in [2.05, 4.69) is 4.98 Å². The van der Waals surface area contributed by atoms with E-state index in [0.717, 1.165) is 33.5 Å². The molecule has 1 atom stereocenters. The lowest BCUT2D eigenvalue weighted by molar-refractivity contribution is -0.139. The average Bonchev–Trinajstić information content (AvgIpc) is 3.26. The van der Waals surface area contributed by atoms with Gasteiger partial charge < -0.3 is 19.7 Å². The van der Waals surface area contributed by atoms with Gasteiger partial charge in [0.2, 0.25) is 0 Å². The van der Waals surface area contributed by atoms with Crippen molar-refractivity contribution in [1.82, 2.24) is 9.88 Å². The maximum atomic E-state index is 13.3. The summed E-state index contributed by atoms with van der Waals surface area (Å²) in [6, 6.07) is 12.5. The van der Waals surface area contributed by atoms with Crippen LogP contribution in [0.15, 0.2) is 48.0 Å². The van der Waals surface area contributed by atoms with Gasteiger partial charge in [-0.15, -0.1) is 0 Å². The summed E-state index contributed by atoms with van der Waals surface area (Å²) in [4.78, 5) is 31.3. The smallest absolute Gasteiger partial charge is 0.295 e. The molecule has 2 N–H and O–H groups in total. The third-order valence-corrected chi connectivity index (χ3v) is 6.35. The van der Waals surface area contributed by atoms with E-state index in [-0.39, 0.29) is 17.3 Å². The Labute approximate surface area is 193 Å². The van der Waals surface area contributed by atoms with Crippen LogP contribution >= 0.6 is 0 Å². The van der Waals surface area contributed by atoms with Crippen molar-refractivity contribution in [3.63, 3.8) is 0 Å². The molecule has 0 aliphatic carbocycles. The summed E-state index contributed by atoms with van der Waals surface area (Å²) in [5, 5.41) is 12.4. The molecule has 1 fully saturated rings. The lowest BCUT2D eigenvalue weighted by atomic mass is 9.92. The maximum Gasteiger partial charge on any atom is 0.295 e. The topological polar surface area (TPSA) is 82.6 Å². The molecule has 2 aromatic carbocycles. The lowest BCUT2D eigenvalue weighted by Gasteiger charge is -2.25. The first-order valence-electron chi connectivity index (χ1n) is 11.3. The number of para-hydroxylation sites is 1. The molecule has 1 aliphatic heterocycles. The number of hydrogen-bond acceptors (Lipinski definition) is 4. The molecule has 1 unspecified atom stereocenters. The van der Waals surface area contributed by atoms with Crippen LogP contribution in [0.5, 0.6) is 5.75 Å². The number of carbonyl (C=O) groups is 2. The van der Waals surface area contributed by atoms with E-state index < -0.39 is 17.7 Å². The predicted molar refractivity (Wildman–Crippen MR) is 129 cm³/mol. The zero-order chi connectivity index (χ0) is 23.9. The van der Waals surface area contributed by atoms with E-state index in [1.54, 1.807) is 24.1 Å². The summed E-state index contributed by atoms with van der Waals surface area (Å²) < 4.78 is 5.47. The lowest BCUT2D eigenvalue weighted by Crippen LogP contribution is -2.30. The molecule has 0 spiro atoms. The predicted octanol–water partition coefficient (Wildman–Crippen LogP) is 5.44. The Morgan fingerprint density at radius 2 is 1.91 bits per heavy atom. The van der Waals surface area contributed by atoms with Gasteiger partial charge in [-0.05, 0) is 49.1 Å². The fourth-order valence-corrected chi connectivity index (χ4v) is 4.79. The Morgan fingerprint density at radius 3 is 2.58 bits per heavy atom. The molecule has 1 aliphatic rings. The van der Waals surface area contributed by atoms with Gasteiger partial charge in [-0.25, -0.2) is 0 Å². The number of aromatic amines is 1. The summed E-state index contributed by atoms with van der Waals surface area (Å²) in [6.07, 6.45) is 0.699. The molecule has 2 heterocycles. The Hall–Kier alpha value is -3.54. The number of nitrogens with one attached hydrogen (secondary N) is 1. The maximum absolute atomic E-state index is 13.3. The highest BCUT2D eigenvalue weighted by atomic mass is 16.5. The third-order valence-electron chi connectivity index (χ3n) is 6.35. The van der Waals surface area contributed by atoms with Gasteiger partial charge in [0.25, 0.3) is 11.7 Å². The molecule has 0 radical (unpaired) electrons. The Balaban J connectivity index is 1.98. The second-order valence-electron chi connectivity index (χ2n) is 8.81. The molecule has 172 valence electrons. The van der Waals surface area contributed by atoms with Gasteiger partial charge in [-0.2, -0.15) is 0 Å². The highest BCUT2D eigenvalue weighted by molar-refractivity contribution is 6.46. The summed E-state index contributed by atoms with van der Waals surface area (Å²) in [7, 11) is 1.61. The number of carbonyl (C=O) groups excluding carboxylic acids is 2. The van der Waals surface area contributed by atoms with Crippen LogP contribution in [0.3, 0.4) is 0 Å². The Morgan fingerprint density at radius 1 is 1.18 bits per heavy atom. The molecule has 3 aromatic rings. The molecule has 1 saturated heterocycles. The number of fused-ring (bicyclic) bond motifs is 1. The van der Waals surface area contributed by atoms with Gasteiger partial charge in [0.1, 0.15) is 11.5 Å². The minimum absolute atomic E-state index is 0.126. The largest absolute Gasteiger partial charge is 0.507 e. The van der Waals surface area contributed by atoms with E-state index in [9.17, 15) is 14.7 Å². The van der Waals surface area contributed by atoms with E-state index in [4.69, 9.17) is 4.74 Å². The summed E-state index contributed by atoms with van der Waals surface area (Å²) >= 11 is 0. The van der Waals surface area contributed by atoms with Crippen LogP contribution in [-0.4, -0.2) is 40.3 Å². The van der Waals surface area contributed by atoms with Crippen LogP contribution in [0.4, 0.5) is 0 Å². The van der Waals surface area contributed by atoms with Gasteiger partial charge in [-0.3, -0.25) is 9.59 Å². The van der Waals surface area contributed by atoms with Gasteiger partial charge in [0.15, 0.2) is 0 Å². The number of H-pyrrole nitrogens is 1. The van der Waals surface area contributed by atoms with Crippen molar-refractivity contribution in [2.45, 2.75) is 46.1 Å². The molecule has 0 saturated carbocycles. The van der Waals surface area contributed by atoms with Gasteiger partial charge >= 0.3 is 0 Å². The van der Waals surface area contributed by atoms with Crippen LogP contribution in [0.1, 0.15) is 61.5 Å². The zero-order valence-electron chi connectivity index (χ0n) is 19.7. The van der Waals surface area contributed by atoms with Crippen LogP contribution < -0.4 is 4.74 Å². The fraction of sp³-hybridized carbons (Fsp3) is 0.333. The van der Waals surface area contributed by atoms with Crippen molar-refractivity contribution in [2.75, 3.05) is 13.7 Å². The highest BCUT2D eigenvalue weighted by Crippen LogP contribution is 2.44. The number of likely N-dealkylation sites (tertiary alicyclic amines) is 1.